The summed E-state index contributed by atoms with van der Waals surface area (Å²) in [4.78, 5) is 2.39. The molecule has 112 valence electrons. The maximum Gasteiger partial charge on any atom is 0.101 e. The molecule has 2 saturated heterocycles. The maximum absolute atomic E-state index is 9.92. The lowest BCUT2D eigenvalue weighted by Crippen LogP contribution is -2.45. The van der Waals surface area contributed by atoms with E-state index in [1.807, 2.05) is 6.07 Å². The molecule has 0 aromatic heterocycles. The molecular weight excluding hydrogens is 262 g/mol. The van der Waals surface area contributed by atoms with Gasteiger partial charge in [-0.2, -0.15) is 5.26 Å². The number of benzene rings is 1. The Morgan fingerprint density at radius 3 is 2.67 bits per heavy atom. The first-order valence-electron chi connectivity index (χ1n) is 7.93. The monoisotopic (exact) mass is 285 g/mol. The summed E-state index contributed by atoms with van der Waals surface area (Å²) in [5.74, 6) is 0. The second kappa shape index (κ2) is 6.05. The predicted octanol–water partition coefficient (Wildman–Crippen LogP) is 2.16. The van der Waals surface area contributed by atoms with Gasteiger partial charge < -0.3 is 15.3 Å². The maximum atomic E-state index is 9.92. The van der Waals surface area contributed by atoms with E-state index in [-0.39, 0.29) is 6.10 Å². The van der Waals surface area contributed by atoms with Gasteiger partial charge in [0.05, 0.1) is 17.4 Å². The summed E-state index contributed by atoms with van der Waals surface area (Å²) in [6, 6.07) is 9.35. The highest BCUT2D eigenvalue weighted by atomic mass is 16.3. The molecule has 2 aliphatic heterocycles. The van der Waals surface area contributed by atoms with Gasteiger partial charge in [0.2, 0.25) is 0 Å². The van der Waals surface area contributed by atoms with E-state index >= 15 is 0 Å². The van der Waals surface area contributed by atoms with Gasteiger partial charge in [0.1, 0.15) is 6.07 Å². The molecule has 1 aromatic carbocycles. The van der Waals surface area contributed by atoms with Crippen LogP contribution in [-0.2, 0) is 6.54 Å². The summed E-state index contributed by atoms with van der Waals surface area (Å²) in [6.45, 7) is 3.81. The van der Waals surface area contributed by atoms with Crippen LogP contribution >= 0.6 is 0 Å². The van der Waals surface area contributed by atoms with Crippen LogP contribution in [0.2, 0.25) is 0 Å². The topological polar surface area (TPSA) is 59.3 Å². The van der Waals surface area contributed by atoms with E-state index in [9.17, 15) is 10.4 Å². The summed E-state index contributed by atoms with van der Waals surface area (Å²) in [5.41, 5.74) is 2.97. The van der Waals surface area contributed by atoms with Crippen molar-refractivity contribution in [1.82, 2.24) is 5.32 Å². The second-order valence-electron chi connectivity index (χ2n) is 6.16. The zero-order valence-corrected chi connectivity index (χ0v) is 12.5. The molecule has 4 nitrogen and oxygen atoms in total. The van der Waals surface area contributed by atoms with Crippen molar-refractivity contribution in [3.8, 4) is 6.07 Å². The van der Waals surface area contributed by atoms with Gasteiger partial charge in [-0.25, -0.2) is 0 Å². The molecular formula is C17H23N3O. The number of rotatable bonds is 4. The molecule has 2 N–H and O–H groups in total. The van der Waals surface area contributed by atoms with E-state index in [1.165, 1.54) is 0 Å². The molecule has 0 saturated carbocycles. The normalized spacial score (nSPS) is 27.7. The summed E-state index contributed by atoms with van der Waals surface area (Å²) in [7, 11) is 0. The summed E-state index contributed by atoms with van der Waals surface area (Å²) >= 11 is 0. The highest BCUT2D eigenvalue weighted by Crippen LogP contribution is 2.40. The van der Waals surface area contributed by atoms with Gasteiger partial charge >= 0.3 is 0 Å². The van der Waals surface area contributed by atoms with Gasteiger partial charge in [0.25, 0.3) is 0 Å². The Morgan fingerprint density at radius 1 is 1.33 bits per heavy atom. The number of fused-ring (bicyclic) bond motifs is 2. The van der Waals surface area contributed by atoms with E-state index in [1.54, 1.807) is 0 Å². The van der Waals surface area contributed by atoms with Gasteiger partial charge in [-0.05, 0) is 49.9 Å². The Balaban J connectivity index is 1.87. The number of hydrogen-bond donors (Lipinski definition) is 2. The van der Waals surface area contributed by atoms with Crippen molar-refractivity contribution in [3.63, 3.8) is 0 Å². The third-order valence-electron chi connectivity index (χ3n) is 4.75. The molecule has 3 rings (SSSR count). The van der Waals surface area contributed by atoms with Crippen molar-refractivity contribution in [1.29, 1.82) is 5.26 Å². The summed E-state index contributed by atoms with van der Waals surface area (Å²) in [6.07, 6.45) is 3.76. The van der Waals surface area contributed by atoms with Gasteiger partial charge in [-0.15, -0.1) is 0 Å². The number of nitrogens with zero attached hydrogens (tertiary/aromatic N) is 2. The largest absolute Gasteiger partial charge is 0.393 e. The molecule has 0 amide bonds. The van der Waals surface area contributed by atoms with E-state index < -0.39 is 0 Å². The zero-order valence-electron chi connectivity index (χ0n) is 12.5. The second-order valence-corrected chi connectivity index (χ2v) is 6.16. The number of aliphatic hydroxyl groups excluding tert-OH is 1. The molecule has 1 aromatic rings. The number of anilines is 1. The number of aliphatic hydroxyl groups is 1. The van der Waals surface area contributed by atoms with Crippen molar-refractivity contribution in [2.45, 2.75) is 57.3 Å². The van der Waals surface area contributed by atoms with Crippen LogP contribution in [0.5, 0.6) is 0 Å². The molecule has 2 atom stereocenters. The van der Waals surface area contributed by atoms with E-state index in [2.05, 4.69) is 35.3 Å². The van der Waals surface area contributed by atoms with E-state index in [0.717, 1.165) is 55.6 Å². The molecule has 21 heavy (non-hydrogen) atoms. The Kier molecular flexibility index (Phi) is 4.14. The highest BCUT2D eigenvalue weighted by molar-refractivity contribution is 5.62. The van der Waals surface area contributed by atoms with Crippen molar-refractivity contribution >= 4 is 5.69 Å². The van der Waals surface area contributed by atoms with Crippen LogP contribution in [0.4, 0.5) is 5.69 Å². The number of nitriles is 1. The third-order valence-corrected chi connectivity index (χ3v) is 4.75. The molecule has 2 unspecified atom stereocenters. The van der Waals surface area contributed by atoms with E-state index in [0.29, 0.717) is 12.1 Å². The van der Waals surface area contributed by atoms with Gasteiger partial charge in [-0.3, -0.25) is 0 Å². The van der Waals surface area contributed by atoms with Crippen LogP contribution in [0.15, 0.2) is 18.2 Å². The molecule has 2 heterocycles. The molecule has 0 aliphatic carbocycles. The van der Waals surface area contributed by atoms with Crippen molar-refractivity contribution in [2.24, 2.45) is 0 Å². The number of piperidine rings is 1. The first kappa shape index (κ1) is 14.4. The van der Waals surface area contributed by atoms with Crippen LogP contribution in [-0.4, -0.2) is 29.8 Å². The quantitative estimate of drug-likeness (QED) is 0.890. The van der Waals surface area contributed by atoms with Gasteiger partial charge in [-0.1, -0.05) is 13.0 Å². The minimum absolute atomic E-state index is 0.169. The molecule has 0 radical (unpaired) electrons. The number of hydrogen-bond acceptors (Lipinski definition) is 4. The van der Waals surface area contributed by atoms with Crippen LogP contribution in [0, 0.1) is 11.3 Å². The first-order chi connectivity index (χ1) is 10.2. The van der Waals surface area contributed by atoms with Crippen molar-refractivity contribution < 1.29 is 5.11 Å². The molecule has 2 fully saturated rings. The van der Waals surface area contributed by atoms with Crippen LogP contribution in [0.3, 0.4) is 0 Å². The minimum atomic E-state index is -0.169. The lowest BCUT2D eigenvalue weighted by atomic mass is 9.97. The van der Waals surface area contributed by atoms with Crippen LogP contribution < -0.4 is 10.2 Å². The van der Waals surface area contributed by atoms with Crippen molar-refractivity contribution in [2.75, 3.05) is 11.4 Å². The lowest BCUT2D eigenvalue weighted by molar-refractivity contribution is 0.126. The molecule has 0 spiro atoms. The highest BCUT2D eigenvalue weighted by Gasteiger charge is 2.40. The smallest absolute Gasteiger partial charge is 0.101 e. The van der Waals surface area contributed by atoms with Crippen molar-refractivity contribution in [3.05, 3.63) is 29.3 Å². The SMILES string of the molecule is CCNCc1ccc(N2C3CCC2CC(O)C3)c(C#N)c1. The number of nitrogens with one attached hydrogen (secondary N) is 1. The summed E-state index contributed by atoms with van der Waals surface area (Å²) in [5, 5.41) is 22.7. The van der Waals surface area contributed by atoms with Crippen LogP contribution in [0.1, 0.15) is 43.7 Å². The molecule has 2 bridgehead atoms. The van der Waals surface area contributed by atoms with Gasteiger partial charge in [0.15, 0.2) is 0 Å². The van der Waals surface area contributed by atoms with E-state index in [4.69, 9.17) is 0 Å². The fraction of sp³-hybridized carbons (Fsp3) is 0.588. The fourth-order valence-electron chi connectivity index (χ4n) is 3.82. The average Bonchev–Trinajstić information content (AvgIpc) is 2.76. The lowest BCUT2D eigenvalue weighted by Gasteiger charge is -2.39. The third kappa shape index (κ3) is 2.76. The fourth-order valence-corrected chi connectivity index (χ4v) is 3.82. The van der Waals surface area contributed by atoms with Gasteiger partial charge in [0, 0.05) is 18.6 Å². The Morgan fingerprint density at radius 2 is 2.05 bits per heavy atom. The Bertz CT molecular complexity index is 537. The average molecular weight is 285 g/mol. The minimum Gasteiger partial charge on any atom is -0.393 e. The Hall–Kier alpha value is -1.57. The molecule has 2 aliphatic rings. The first-order valence-corrected chi connectivity index (χ1v) is 7.93. The zero-order chi connectivity index (χ0) is 14.8. The Labute approximate surface area is 126 Å². The predicted molar refractivity (Wildman–Crippen MR) is 83.1 cm³/mol. The standard InChI is InChI=1S/C17H23N3O/c1-2-19-11-12-3-6-17(13(7-12)10-18)20-14-4-5-15(20)9-16(21)8-14/h3,6-7,14-16,19,21H,2,4-5,8-9,11H2,1H3. The summed E-state index contributed by atoms with van der Waals surface area (Å²) < 4.78 is 0. The van der Waals surface area contributed by atoms with Crippen LogP contribution in [0.25, 0.3) is 0 Å². The molecule has 4 heteroatoms.